The Labute approximate surface area is 121 Å². The first-order valence-electron chi connectivity index (χ1n) is 7.79. The first kappa shape index (κ1) is 15.4. The van der Waals surface area contributed by atoms with E-state index in [-0.39, 0.29) is 6.04 Å². The van der Waals surface area contributed by atoms with Gasteiger partial charge in [0.15, 0.2) is 0 Å². The van der Waals surface area contributed by atoms with E-state index in [1.165, 1.54) is 25.7 Å². The topological polar surface area (TPSA) is 74.2 Å². The van der Waals surface area contributed by atoms with Crippen LogP contribution in [0.15, 0.2) is 4.52 Å². The summed E-state index contributed by atoms with van der Waals surface area (Å²) in [7, 11) is 1.70. The fraction of sp³-hybridized carbons (Fsp3) is 0.867. The second kappa shape index (κ2) is 6.68. The van der Waals surface area contributed by atoms with Crippen molar-refractivity contribution in [1.82, 2.24) is 10.1 Å². The highest BCUT2D eigenvalue weighted by Crippen LogP contribution is 2.31. The Balaban J connectivity index is 2.04. The van der Waals surface area contributed by atoms with Crippen LogP contribution in [0.5, 0.6) is 0 Å². The highest BCUT2D eigenvalue weighted by molar-refractivity contribution is 5.02. The summed E-state index contributed by atoms with van der Waals surface area (Å²) in [5.74, 6) is 1.90. The summed E-state index contributed by atoms with van der Waals surface area (Å²) in [6, 6.07) is 0.131. The van der Waals surface area contributed by atoms with Crippen LogP contribution in [-0.4, -0.2) is 23.3 Å². The predicted molar refractivity (Wildman–Crippen MR) is 77.2 cm³/mol. The van der Waals surface area contributed by atoms with Crippen LogP contribution in [-0.2, 0) is 16.8 Å². The Morgan fingerprint density at radius 1 is 1.35 bits per heavy atom. The molecule has 1 fully saturated rings. The van der Waals surface area contributed by atoms with Crippen molar-refractivity contribution in [3.8, 4) is 0 Å². The molecule has 1 unspecified atom stereocenters. The molecular weight excluding hydrogens is 254 g/mol. The zero-order valence-corrected chi connectivity index (χ0v) is 12.9. The van der Waals surface area contributed by atoms with Crippen LogP contribution in [0.3, 0.4) is 0 Å². The summed E-state index contributed by atoms with van der Waals surface area (Å²) in [5, 5.41) is 4.11. The molecule has 0 spiro atoms. The number of aromatic nitrogens is 2. The Morgan fingerprint density at radius 3 is 2.55 bits per heavy atom. The molecule has 1 aromatic rings. The van der Waals surface area contributed by atoms with Crippen molar-refractivity contribution in [2.45, 2.75) is 70.4 Å². The van der Waals surface area contributed by atoms with Gasteiger partial charge in [-0.3, -0.25) is 0 Å². The molecule has 0 amide bonds. The Bertz CT molecular complexity index is 401. The largest absolute Gasteiger partial charge is 0.370 e. The van der Waals surface area contributed by atoms with E-state index in [4.69, 9.17) is 15.0 Å². The number of hydrogen-bond donors (Lipinski definition) is 1. The van der Waals surface area contributed by atoms with E-state index >= 15 is 0 Å². The molecule has 1 aliphatic carbocycles. The Morgan fingerprint density at radius 2 is 2.00 bits per heavy atom. The predicted octanol–water partition coefficient (Wildman–Crippen LogP) is 2.79. The van der Waals surface area contributed by atoms with E-state index in [9.17, 15) is 0 Å². The molecule has 2 rings (SSSR count). The molecule has 1 aliphatic rings. The summed E-state index contributed by atoms with van der Waals surface area (Å²) < 4.78 is 11.0. The molecule has 1 heterocycles. The Kier molecular flexibility index (Phi) is 5.16. The van der Waals surface area contributed by atoms with E-state index in [0.29, 0.717) is 24.1 Å². The third-order valence-corrected chi connectivity index (χ3v) is 4.82. The number of ether oxygens (including phenoxy) is 1. The standard InChI is InChI=1S/C15H27N3O2/c1-4-15(5-2,19-3)14-17-13(20-18-14)10-12(16)11-8-6-7-9-11/h11-12H,4-10,16H2,1-3H3. The number of nitrogens with two attached hydrogens (primary N) is 1. The smallest absolute Gasteiger partial charge is 0.228 e. The van der Waals surface area contributed by atoms with E-state index < -0.39 is 5.60 Å². The lowest BCUT2D eigenvalue weighted by molar-refractivity contribution is -0.0306. The number of rotatable bonds is 7. The molecule has 114 valence electrons. The zero-order chi connectivity index (χ0) is 14.6. The van der Waals surface area contributed by atoms with Crippen molar-refractivity contribution in [2.24, 2.45) is 11.7 Å². The fourth-order valence-electron chi connectivity index (χ4n) is 3.22. The molecule has 1 aromatic heterocycles. The molecule has 5 heteroatoms. The van der Waals surface area contributed by atoms with Gasteiger partial charge in [0.2, 0.25) is 11.7 Å². The van der Waals surface area contributed by atoms with Crippen molar-refractivity contribution in [1.29, 1.82) is 0 Å². The maximum Gasteiger partial charge on any atom is 0.228 e. The van der Waals surface area contributed by atoms with Gasteiger partial charge in [0, 0.05) is 19.6 Å². The van der Waals surface area contributed by atoms with Crippen LogP contribution < -0.4 is 5.73 Å². The van der Waals surface area contributed by atoms with Gasteiger partial charge in [-0.05, 0) is 31.6 Å². The highest BCUT2D eigenvalue weighted by atomic mass is 16.5. The van der Waals surface area contributed by atoms with E-state index in [1.54, 1.807) is 7.11 Å². The minimum absolute atomic E-state index is 0.131. The highest BCUT2D eigenvalue weighted by Gasteiger charge is 2.34. The average molecular weight is 281 g/mol. The average Bonchev–Trinajstić information content (AvgIpc) is 3.13. The molecule has 2 N–H and O–H groups in total. The van der Waals surface area contributed by atoms with Crippen LogP contribution in [0.4, 0.5) is 0 Å². The van der Waals surface area contributed by atoms with Gasteiger partial charge >= 0.3 is 0 Å². The molecule has 0 aliphatic heterocycles. The van der Waals surface area contributed by atoms with Crippen molar-refractivity contribution in [3.63, 3.8) is 0 Å². The maximum absolute atomic E-state index is 6.27. The normalized spacial score (nSPS) is 18.6. The second-order valence-electron chi connectivity index (χ2n) is 5.83. The molecule has 0 bridgehead atoms. The lowest BCUT2D eigenvalue weighted by atomic mass is 9.95. The summed E-state index contributed by atoms with van der Waals surface area (Å²) in [4.78, 5) is 4.52. The third-order valence-electron chi connectivity index (χ3n) is 4.82. The SMILES string of the molecule is CCC(CC)(OC)c1noc(CC(N)C2CCCC2)n1. The van der Waals surface area contributed by atoms with Crippen molar-refractivity contribution >= 4 is 0 Å². The van der Waals surface area contributed by atoms with Crippen LogP contribution in [0.25, 0.3) is 0 Å². The van der Waals surface area contributed by atoms with Crippen LogP contribution >= 0.6 is 0 Å². The summed E-state index contributed by atoms with van der Waals surface area (Å²) in [6.07, 6.45) is 7.38. The molecular formula is C15H27N3O2. The molecule has 0 saturated heterocycles. The first-order chi connectivity index (χ1) is 9.65. The van der Waals surface area contributed by atoms with Crippen LogP contribution in [0.2, 0.25) is 0 Å². The quantitative estimate of drug-likeness (QED) is 0.831. The van der Waals surface area contributed by atoms with E-state index in [1.807, 2.05) is 0 Å². The summed E-state index contributed by atoms with van der Waals surface area (Å²) >= 11 is 0. The first-order valence-corrected chi connectivity index (χ1v) is 7.79. The number of methoxy groups -OCH3 is 1. The van der Waals surface area contributed by atoms with Crippen molar-refractivity contribution in [3.05, 3.63) is 11.7 Å². The van der Waals surface area contributed by atoms with Gasteiger partial charge < -0.3 is 15.0 Å². The van der Waals surface area contributed by atoms with Crippen LogP contribution in [0.1, 0.15) is 64.1 Å². The third kappa shape index (κ3) is 3.04. The van der Waals surface area contributed by atoms with Gasteiger partial charge in [-0.1, -0.05) is 31.8 Å². The van der Waals surface area contributed by atoms with Crippen LogP contribution in [0, 0.1) is 5.92 Å². The van der Waals surface area contributed by atoms with Gasteiger partial charge in [-0.2, -0.15) is 4.98 Å². The van der Waals surface area contributed by atoms with Gasteiger partial charge in [-0.15, -0.1) is 0 Å². The van der Waals surface area contributed by atoms with Gasteiger partial charge in [0.05, 0.1) is 0 Å². The number of nitrogens with zero attached hydrogens (tertiary/aromatic N) is 2. The zero-order valence-electron chi connectivity index (χ0n) is 12.9. The monoisotopic (exact) mass is 281 g/mol. The molecule has 0 aromatic carbocycles. The minimum atomic E-state index is -0.431. The van der Waals surface area contributed by atoms with Crippen molar-refractivity contribution in [2.75, 3.05) is 7.11 Å². The molecule has 20 heavy (non-hydrogen) atoms. The van der Waals surface area contributed by atoms with Gasteiger partial charge in [0.25, 0.3) is 0 Å². The molecule has 5 nitrogen and oxygen atoms in total. The van der Waals surface area contributed by atoms with E-state index in [0.717, 1.165) is 12.8 Å². The van der Waals surface area contributed by atoms with Crippen molar-refractivity contribution < 1.29 is 9.26 Å². The molecule has 1 atom stereocenters. The lowest BCUT2D eigenvalue weighted by Crippen LogP contribution is -2.31. The maximum atomic E-state index is 6.27. The summed E-state index contributed by atoms with van der Waals surface area (Å²) in [5.41, 5.74) is 5.84. The van der Waals surface area contributed by atoms with E-state index in [2.05, 4.69) is 24.0 Å². The minimum Gasteiger partial charge on any atom is -0.370 e. The molecule has 1 saturated carbocycles. The molecule has 0 radical (unpaired) electrons. The van der Waals surface area contributed by atoms with Gasteiger partial charge in [-0.25, -0.2) is 0 Å². The second-order valence-corrected chi connectivity index (χ2v) is 5.83. The Hall–Kier alpha value is -0.940. The fourth-order valence-corrected chi connectivity index (χ4v) is 3.22. The summed E-state index contributed by atoms with van der Waals surface area (Å²) in [6.45, 7) is 4.15. The number of hydrogen-bond acceptors (Lipinski definition) is 5. The van der Waals surface area contributed by atoms with Gasteiger partial charge in [0.1, 0.15) is 5.60 Å². The lowest BCUT2D eigenvalue weighted by Gasteiger charge is -2.25.